The molecule has 0 saturated heterocycles. The summed E-state index contributed by atoms with van der Waals surface area (Å²) in [6, 6.07) is 3.14. The average Bonchev–Trinajstić information content (AvgIpc) is 2.94. The first-order chi connectivity index (χ1) is 10.1. The standard InChI is InChI=1S/C12H13N5O4/c18-9-5-7(11(19)20)1-2-8(9)16-12(21)13-4-3-10-14-6-15-17-10/h1-2,5-6,18H,3-4H2,(H,19,20)(H2,13,16,21)(H,14,15,17). The number of hydrogen-bond donors (Lipinski definition) is 5. The lowest BCUT2D eigenvalue weighted by molar-refractivity contribution is 0.0696. The van der Waals surface area contributed by atoms with Gasteiger partial charge < -0.3 is 20.8 Å². The molecule has 1 aromatic carbocycles. The van der Waals surface area contributed by atoms with Crippen molar-refractivity contribution in [1.82, 2.24) is 20.5 Å². The Labute approximate surface area is 119 Å². The van der Waals surface area contributed by atoms with Gasteiger partial charge in [0.2, 0.25) is 0 Å². The number of nitrogens with one attached hydrogen (secondary N) is 3. The molecule has 9 heteroatoms. The van der Waals surface area contributed by atoms with Gasteiger partial charge in [0, 0.05) is 13.0 Å². The molecule has 2 rings (SSSR count). The van der Waals surface area contributed by atoms with Crippen LogP contribution in [0.4, 0.5) is 10.5 Å². The largest absolute Gasteiger partial charge is 0.506 e. The van der Waals surface area contributed by atoms with Gasteiger partial charge in [-0.2, -0.15) is 5.10 Å². The van der Waals surface area contributed by atoms with E-state index in [1.807, 2.05) is 0 Å². The Kier molecular flexibility index (Phi) is 4.34. The summed E-state index contributed by atoms with van der Waals surface area (Å²) in [6.07, 6.45) is 1.86. The molecule has 0 fully saturated rings. The lowest BCUT2D eigenvalue weighted by atomic mass is 10.2. The maximum atomic E-state index is 11.6. The molecule has 5 N–H and O–H groups in total. The monoisotopic (exact) mass is 291 g/mol. The first-order valence-electron chi connectivity index (χ1n) is 6.01. The van der Waals surface area contributed by atoms with Crippen LogP contribution in [0.2, 0.25) is 0 Å². The van der Waals surface area contributed by atoms with Gasteiger partial charge in [0.1, 0.15) is 17.9 Å². The zero-order valence-electron chi connectivity index (χ0n) is 10.8. The summed E-state index contributed by atoms with van der Waals surface area (Å²) >= 11 is 0. The number of aromatic hydroxyl groups is 1. The summed E-state index contributed by atoms with van der Waals surface area (Å²) in [6.45, 7) is 0.328. The number of urea groups is 1. The maximum Gasteiger partial charge on any atom is 0.335 e. The van der Waals surface area contributed by atoms with Crippen LogP contribution in [-0.4, -0.2) is 43.9 Å². The van der Waals surface area contributed by atoms with Gasteiger partial charge in [-0.15, -0.1) is 0 Å². The first kappa shape index (κ1) is 14.3. The number of anilines is 1. The third-order valence-corrected chi connectivity index (χ3v) is 2.61. The number of aromatic carboxylic acids is 1. The number of carbonyl (C=O) groups excluding carboxylic acids is 1. The van der Waals surface area contributed by atoms with E-state index in [0.717, 1.165) is 6.07 Å². The lowest BCUT2D eigenvalue weighted by Crippen LogP contribution is -2.30. The molecule has 0 saturated carbocycles. The average molecular weight is 291 g/mol. The molecular formula is C12H13N5O4. The lowest BCUT2D eigenvalue weighted by Gasteiger charge is -2.09. The molecule has 0 aliphatic carbocycles. The second-order valence-corrected chi connectivity index (χ2v) is 4.10. The first-order valence-corrected chi connectivity index (χ1v) is 6.01. The van der Waals surface area contributed by atoms with E-state index >= 15 is 0 Å². The van der Waals surface area contributed by atoms with Gasteiger partial charge in [0.25, 0.3) is 0 Å². The van der Waals surface area contributed by atoms with Crippen molar-refractivity contribution in [3.8, 4) is 5.75 Å². The minimum Gasteiger partial charge on any atom is -0.506 e. The number of phenolic OH excluding ortho intramolecular Hbond substituents is 1. The Balaban J connectivity index is 1.86. The number of aromatic amines is 1. The highest BCUT2D eigenvalue weighted by Crippen LogP contribution is 2.24. The van der Waals surface area contributed by atoms with Crippen molar-refractivity contribution in [3.05, 3.63) is 35.9 Å². The number of benzene rings is 1. The number of H-pyrrole nitrogens is 1. The van der Waals surface area contributed by atoms with Crippen LogP contribution >= 0.6 is 0 Å². The fraction of sp³-hybridized carbons (Fsp3) is 0.167. The molecule has 1 aromatic heterocycles. The van der Waals surface area contributed by atoms with Crippen molar-refractivity contribution in [2.24, 2.45) is 0 Å². The second kappa shape index (κ2) is 6.37. The highest BCUT2D eigenvalue weighted by molar-refractivity contribution is 5.93. The van der Waals surface area contributed by atoms with Crippen LogP contribution in [-0.2, 0) is 6.42 Å². The minimum absolute atomic E-state index is 0.0659. The molecule has 0 atom stereocenters. The summed E-state index contributed by atoms with van der Waals surface area (Å²) in [4.78, 5) is 26.2. The van der Waals surface area contributed by atoms with E-state index in [1.165, 1.54) is 18.5 Å². The Hall–Kier alpha value is -3.10. The van der Waals surface area contributed by atoms with E-state index in [9.17, 15) is 14.7 Å². The molecule has 0 radical (unpaired) electrons. The van der Waals surface area contributed by atoms with Gasteiger partial charge in [-0.3, -0.25) is 5.10 Å². The van der Waals surface area contributed by atoms with Crippen molar-refractivity contribution in [2.75, 3.05) is 11.9 Å². The number of carboxylic acids is 1. The Morgan fingerprint density at radius 1 is 1.33 bits per heavy atom. The van der Waals surface area contributed by atoms with Crippen LogP contribution in [0.1, 0.15) is 16.2 Å². The van der Waals surface area contributed by atoms with Gasteiger partial charge >= 0.3 is 12.0 Å². The number of nitrogens with zero attached hydrogens (tertiary/aromatic N) is 2. The summed E-state index contributed by atoms with van der Waals surface area (Å²) in [5, 5.41) is 29.7. The number of amides is 2. The number of phenols is 1. The molecule has 1 heterocycles. The highest BCUT2D eigenvalue weighted by atomic mass is 16.4. The Morgan fingerprint density at radius 2 is 2.14 bits per heavy atom. The third-order valence-electron chi connectivity index (χ3n) is 2.61. The van der Waals surface area contributed by atoms with Crippen LogP contribution in [0.3, 0.4) is 0 Å². The van der Waals surface area contributed by atoms with E-state index in [-0.39, 0.29) is 17.0 Å². The fourth-order valence-electron chi connectivity index (χ4n) is 1.58. The highest BCUT2D eigenvalue weighted by Gasteiger charge is 2.10. The quantitative estimate of drug-likeness (QED) is 0.510. The topological polar surface area (TPSA) is 140 Å². The van der Waals surface area contributed by atoms with Crippen LogP contribution in [0.15, 0.2) is 24.5 Å². The van der Waals surface area contributed by atoms with Crippen LogP contribution < -0.4 is 10.6 Å². The van der Waals surface area contributed by atoms with Crippen molar-refractivity contribution < 1.29 is 19.8 Å². The number of hydrogen-bond acceptors (Lipinski definition) is 5. The van der Waals surface area contributed by atoms with E-state index < -0.39 is 12.0 Å². The van der Waals surface area contributed by atoms with Gasteiger partial charge in [-0.25, -0.2) is 14.6 Å². The number of rotatable bonds is 5. The maximum absolute atomic E-state index is 11.6. The zero-order chi connectivity index (χ0) is 15.2. The molecule has 0 aliphatic rings. The predicted octanol–water partition coefficient (Wildman–Crippen LogP) is 0.573. The van der Waals surface area contributed by atoms with E-state index in [4.69, 9.17) is 5.11 Å². The second-order valence-electron chi connectivity index (χ2n) is 4.10. The molecule has 21 heavy (non-hydrogen) atoms. The van der Waals surface area contributed by atoms with E-state index in [1.54, 1.807) is 0 Å². The third kappa shape index (κ3) is 3.93. The van der Waals surface area contributed by atoms with Gasteiger partial charge in [0.05, 0.1) is 11.3 Å². The number of carboxylic acid groups (broad SMARTS) is 1. The summed E-state index contributed by atoms with van der Waals surface area (Å²) in [5.74, 6) is -0.836. The van der Waals surface area contributed by atoms with Crippen molar-refractivity contribution in [1.29, 1.82) is 0 Å². The molecule has 0 aliphatic heterocycles. The molecule has 2 aromatic rings. The molecule has 2 amide bonds. The molecule has 110 valence electrons. The van der Waals surface area contributed by atoms with Crippen molar-refractivity contribution in [2.45, 2.75) is 6.42 Å². The molecular weight excluding hydrogens is 278 g/mol. The van der Waals surface area contributed by atoms with Crippen LogP contribution in [0.25, 0.3) is 0 Å². The van der Waals surface area contributed by atoms with E-state index in [2.05, 4.69) is 25.8 Å². The van der Waals surface area contributed by atoms with Gasteiger partial charge in [-0.05, 0) is 18.2 Å². The molecule has 0 unspecified atom stereocenters. The zero-order valence-corrected chi connectivity index (χ0v) is 10.8. The van der Waals surface area contributed by atoms with Crippen LogP contribution in [0, 0.1) is 0 Å². The molecule has 0 spiro atoms. The fourth-order valence-corrected chi connectivity index (χ4v) is 1.58. The normalized spacial score (nSPS) is 10.1. The van der Waals surface area contributed by atoms with Crippen molar-refractivity contribution >= 4 is 17.7 Å². The minimum atomic E-state index is -1.16. The SMILES string of the molecule is O=C(NCCc1ncn[nH]1)Nc1ccc(C(=O)O)cc1O. The smallest absolute Gasteiger partial charge is 0.335 e. The van der Waals surface area contributed by atoms with Crippen molar-refractivity contribution in [3.63, 3.8) is 0 Å². The summed E-state index contributed by atoms with van der Waals surface area (Å²) < 4.78 is 0. The number of aromatic nitrogens is 3. The predicted molar refractivity (Wildman–Crippen MR) is 72.2 cm³/mol. The Morgan fingerprint density at radius 3 is 2.76 bits per heavy atom. The van der Waals surface area contributed by atoms with Gasteiger partial charge in [-0.1, -0.05) is 0 Å². The molecule has 9 nitrogen and oxygen atoms in total. The van der Waals surface area contributed by atoms with E-state index in [0.29, 0.717) is 18.8 Å². The number of carbonyl (C=O) groups is 2. The summed E-state index contributed by atoms with van der Waals surface area (Å²) in [5.41, 5.74) is 0.0564. The van der Waals surface area contributed by atoms with Gasteiger partial charge in [0.15, 0.2) is 0 Å². The Bertz CT molecular complexity index is 641. The van der Waals surface area contributed by atoms with Crippen LogP contribution in [0.5, 0.6) is 5.75 Å². The summed E-state index contributed by atoms with van der Waals surface area (Å²) in [7, 11) is 0. The molecule has 0 bridgehead atoms.